The van der Waals surface area contributed by atoms with Crippen LogP contribution in [0.1, 0.15) is 40.0 Å². The van der Waals surface area contributed by atoms with Crippen LogP contribution >= 0.6 is 0 Å². The molecule has 0 heterocycles. The summed E-state index contributed by atoms with van der Waals surface area (Å²) >= 11 is 0. The number of ether oxygens (including phenoxy) is 1. The lowest BCUT2D eigenvalue weighted by atomic mass is 10.2. The van der Waals surface area contributed by atoms with Crippen molar-refractivity contribution in [3.8, 4) is 0 Å². The maximum absolute atomic E-state index is 11.2. The summed E-state index contributed by atoms with van der Waals surface area (Å²) in [6.07, 6.45) is 2.79. The summed E-state index contributed by atoms with van der Waals surface area (Å²) in [5.41, 5.74) is -0.407. The number of carbonyl (C=O) groups is 1. The predicted octanol–water partition coefficient (Wildman–Crippen LogP) is 1.08. The summed E-state index contributed by atoms with van der Waals surface area (Å²) in [5, 5.41) is 11.6. The fourth-order valence-electron chi connectivity index (χ4n) is 1.11. The molecule has 0 saturated carbocycles. The lowest BCUT2D eigenvalue weighted by Gasteiger charge is -2.19. The summed E-state index contributed by atoms with van der Waals surface area (Å²) in [6, 6.07) is 0. The number of carbonyl (C=O) groups excluding carboxylic acids is 1. The molecule has 0 aliphatic rings. The first-order chi connectivity index (χ1) is 6.95. The van der Waals surface area contributed by atoms with E-state index in [9.17, 15) is 4.79 Å². The van der Waals surface area contributed by atoms with Crippen LogP contribution in [0.2, 0.25) is 0 Å². The minimum Gasteiger partial charge on any atom is -0.459 e. The third kappa shape index (κ3) is 11.3. The molecule has 15 heavy (non-hydrogen) atoms. The van der Waals surface area contributed by atoms with Gasteiger partial charge in [-0.15, -0.1) is 0 Å². The van der Waals surface area contributed by atoms with Crippen LogP contribution in [0, 0.1) is 0 Å². The standard InChI is InChI=1S/C11H23NO3/c1-11(2,3)15-10(14)9-12-7-5-4-6-8-13/h12-13H,4-9H2,1-3H3. The monoisotopic (exact) mass is 217 g/mol. The van der Waals surface area contributed by atoms with Gasteiger partial charge >= 0.3 is 5.97 Å². The van der Waals surface area contributed by atoms with Gasteiger partial charge in [-0.2, -0.15) is 0 Å². The smallest absolute Gasteiger partial charge is 0.320 e. The molecule has 0 bridgehead atoms. The third-order valence-corrected chi connectivity index (χ3v) is 1.70. The van der Waals surface area contributed by atoms with Gasteiger partial charge in [0.15, 0.2) is 0 Å². The molecule has 0 rings (SSSR count). The number of hydrogen-bond donors (Lipinski definition) is 2. The Bertz CT molecular complexity index is 175. The van der Waals surface area contributed by atoms with Gasteiger partial charge in [0.25, 0.3) is 0 Å². The topological polar surface area (TPSA) is 58.6 Å². The Labute approximate surface area is 92.0 Å². The average molecular weight is 217 g/mol. The second-order valence-corrected chi connectivity index (χ2v) is 4.55. The van der Waals surface area contributed by atoms with Crippen LogP contribution < -0.4 is 5.32 Å². The molecule has 90 valence electrons. The van der Waals surface area contributed by atoms with E-state index < -0.39 is 5.60 Å². The first-order valence-corrected chi connectivity index (χ1v) is 5.49. The molecule has 0 saturated heterocycles. The first-order valence-electron chi connectivity index (χ1n) is 5.49. The number of hydrogen-bond acceptors (Lipinski definition) is 4. The van der Waals surface area contributed by atoms with Crippen LogP contribution in [0.15, 0.2) is 0 Å². The molecule has 0 aromatic carbocycles. The minimum absolute atomic E-state index is 0.218. The zero-order valence-corrected chi connectivity index (χ0v) is 10.0. The summed E-state index contributed by atoms with van der Waals surface area (Å²) in [7, 11) is 0. The zero-order valence-electron chi connectivity index (χ0n) is 10.0. The highest BCUT2D eigenvalue weighted by Gasteiger charge is 2.15. The Hall–Kier alpha value is -0.610. The highest BCUT2D eigenvalue weighted by atomic mass is 16.6. The van der Waals surface area contributed by atoms with Crippen molar-refractivity contribution < 1.29 is 14.6 Å². The van der Waals surface area contributed by atoms with E-state index in [-0.39, 0.29) is 19.1 Å². The van der Waals surface area contributed by atoms with Crippen molar-refractivity contribution in [3.63, 3.8) is 0 Å². The Balaban J connectivity index is 3.32. The molecular weight excluding hydrogens is 194 g/mol. The van der Waals surface area contributed by atoms with E-state index in [1.54, 1.807) is 0 Å². The van der Waals surface area contributed by atoms with E-state index >= 15 is 0 Å². The molecule has 0 spiro atoms. The highest BCUT2D eigenvalue weighted by molar-refractivity contribution is 5.72. The Morgan fingerprint density at radius 2 is 1.93 bits per heavy atom. The fourth-order valence-corrected chi connectivity index (χ4v) is 1.11. The summed E-state index contributed by atoms with van der Waals surface area (Å²) in [5.74, 6) is -0.218. The van der Waals surface area contributed by atoms with Crippen molar-refractivity contribution in [2.24, 2.45) is 0 Å². The number of unbranched alkanes of at least 4 members (excludes halogenated alkanes) is 2. The largest absolute Gasteiger partial charge is 0.459 e. The second-order valence-electron chi connectivity index (χ2n) is 4.55. The van der Waals surface area contributed by atoms with Gasteiger partial charge in [0.1, 0.15) is 5.60 Å². The lowest BCUT2D eigenvalue weighted by molar-refractivity contribution is -0.153. The van der Waals surface area contributed by atoms with Crippen LogP contribution in [0.5, 0.6) is 0 Å². The van der Waals surface area contributed by atoms with Crippen molar-refractivity contribution in [2.75, 3.05) is 19.7 Å². The van der Waals surface area contributed by atoms with Gasteiger partial charge in [-0.05, 0) is 46.6 Å². The molecule has 4 heteroatoms. The van der Waals surface area contributed by atoms with Gasteiger partial charge in [0.2, 0.25) is 0 Å². The Kier molecular flexibility index (Phi) is 7.34. The summed E-state index contributed by atoms with van der Waals surface area (Å²) < 4.78 is 5.12. The molecule has 2 N–H and O–H groups in total. The van der Waals surface area contributed by atoms with Crippen LogP contribution in [0.4, 0.5) is 0 Å². The molecule has 0 unspecified atom stereocenters. The predicted molar refractivity (Wildman–Crippen MR) is 59.7 cm³/mol. The number of esters is 1. The van der Waals surface area contributed by atoms with Crippen molar-refractivity contribution in [2.45, 2.75) is 45.6 Å². The number of aliphatic hydroxyl groups is 1. The SMILES string of the molecule is CC(C)(C)OC(=O)CNCCCCCO. The number of rotatable bonds is 7. The molecule has 0 aromatic heterocycles. The van der Waals surface area contributed by atoms with E-state index in [1.165, 1.54) is 0 Å². The van der Waals surface area contributed by atoms with Crippen LogP contribution in [0.25, 0.3) is 0 Å². The number of nitrogens with one attached hydrogen (secondary N) is 1. The molecule has 0 aliphatic carbocycles. The quantitative estimate of drug-likeness (QED) is 0.495. The van der Waals surface area contributed by atoms with Crippen molar-refractivity contribution in [1.29, 1.82) is 0 Å². The van der Waals surface area contributed by atoms with E-state index in [2.05, 4.69) is 5.32 Å². The number of aliphatic hydroxyl groups excluding tert-OH is 1. The maximum atomic E-state index is 11.2. The molecule has 0 atom stereocenters. The fraction of sp³-hybridized carbons (Fsp3) is 0.909. The Morgan fingerprint density at radius 1 is 1.27 bits per heavy atom. The normalized spacial score (nSPS) is 11.5. The average Bonchev–Trinajstić information content (AvgIpc) is 2.08. The zero-order chi connectivity index (χ0) is 11.7. The molecule has 0 aliphatic heterocycles. The minimum atomic E-state index is -0.407. The molecule has 0 radical (unpaired) electrons. The third-order valence-electron chi connectivity index (χ3n) is 1.70. The molecule has 0 fully saturated rings. The van der Waals surface area contributed by atoms with E-state index in [0.717, 1.165) is 25.8 Å². The van der Waals surface area contributed by atoms with Crippen LogP contribution in [0.3, 0.4) is 0 Å². The van der Waals surface area contributed by atoms with E-state index in [4.69, 9.17) is 9.84 Å². The van der Waals surface area contributed by atoms with Gasteiger partial charge in [-0.1, -0.05) is 0 Å². The summed E-state index contributed by atoms with van der Waals surface area (Å²) in [6.45, 7) is 6.85. The summed E-state index contributed by atoms with van der Waals surface area (Å²) in [4.78, 5) is 11.2. The first kappa shape index (κ1) is 14.4. The van der Waals surface area contributed by atoms with Crippen LogP contribution in [-0.2, 0) is 9.53 Å². The Morgan fingerprint density at radius 3 is 2.47 bits per heavy atom. The maximum Gasteiger partial charge on any atom is 0.320 e. The van der Waals surface area contributed by atoms with Crippen molar-refractivity contribution in [1.82, 2.24) is 5.32 Å². The van der Waals surface area contributed by atoms with Crippen LogP contribution in [-0.4, -0.2) is 36.4 Å². The lowest BCUT2D eigenvalue weighted by Crippen LogP contribution is -2.31. The van der Waals surface area contributed by atoms with Gasteiger partial charge in [0.05, 0.1) is 6.54 Å². The molecule has 0 amide bonds. The van der Waals surface area contributed by atoms with Gasteiger partial charge in [-0.25, -0.2) is 0 Å². The second kappa shape index (κ2) is 7.65. The van der Waals surface area contributed by atoms with E-state index in [0.29, 0.717) is 0 Å². The van der Waals surface area contributed by atoms with Gasteiger partial charge in [-0.3, -0.25) is 4.79 Å². The van der Waals surface area contributed by atoms with Gasteiger partial charge < -0.3 is 15.2 Å². The van der Waals surface area contributed by atoms with Gasteiger partial charge in [0, 0.05) is 6.61 Å². The molecule has 4 nitrogen and oxygen atoms in total. The highest BCUT2D eigenvalue weighted by Crippen LogP contribution is 2.06. The molecular formula is C11H23NO3. The van der Waals surface area contributed by atoms with Crippen molar-refractivity contribution >= 4 is 5.97 Å². The van der Waals surface area contributed by atoms with Crippen molar-refractivity contribution in [3.05, 3.63) is 0 Å². The van der Waals surface area contributed by atoms with E-state index in [1.807, 2.05) is 20.8 Å². The molecule has 0 aromatic rings.